The molecule has 0 aliphatic heterocycles. The monoisotopic (exact) mass is 304 g/mol. The van der Waals surface area contributed by atoms with Crippen LogP contribution in [0.4, 0.5) is 5.95 Å². The summed E-state index contributed by atoms with van der Waals surface area (Å²) in [4.78, 5) is 20.8. The average Bonchev–Trinajstić information content (AvgIpc) is 2.76. The molecular weight excluding hydrogens is 276 g/mol. The number of amides is 1. The highest BCUT2D eigenvalue weighted by atomic mass is 16.1. The molecule has 1 aromatic heterocycles. The number of carbonyl (C=O) groups excluding carboxylic acids is 1. The van der Waals surface area contributed by atoms with Crippen LogP contribution in [0, 0.1) is 5.92 Å². The number of anilines is 1. The average molecular weight is 304 g/mol. The summed E-state index contributed by atoms with van der Waals surface area (Å²) in [6.07, 6.45) is 9.84. The molecule has 0 bridgehead atoms. The second-order valence-electron chi connectivity index (χ2n) is 6.54. The summed E-state index contributed by atoms with van der Waals surface area (Å²) in [6.45, 7) is 5.18. The van der Waals surface area contributed by atoms with Gasteiger partial charge in [0, 0.05) is 18.8 Å². The van der Waals surface area contributed by atoms with Crippen LogP contribution in [0.5, 0.6) is 0 Å². The molecule has 0 radical (unpaired) electrons. The Morgan fingerprint density at radius 1 is 1.27 bits per heavy atom. The predicted octanol–water partition coefficient (Wildman–Crippen LogP) is 3.39. The zero-order valence-electron chi connectivity index (χ0n) is 13.8. The quantitative estimate of drug-likeness (QED) is 0.791. The Balaban J connectivity index is 1.88. The van der Waals surface area contributed by atoms with Crippen molar-refractivity contribution < 1.29 is 4.79 Å². The van der Waals surface area contributed by atoms with E-state index in [2.05, 4.69) is 34.4 Å². The minimum absolute atomic E-state index is 0.0822. The molecule has 1 aliphatic rings. The molecule has 1 saturated carbocycles. The minimum Gasteiger partial charge on any atom is -0.354 e. The van der Waals surface area contributed by atoms with Crippen molar-refractivity contribution >= 4 is 11.9 Å². The van der Waals surface area contributed by atoms with Crippen molar-refractivity contribution in [2.45, 2.75) is 64.8 Å². The molecule has 0 unspecified atom stereocenters. The minimum atomic E-state index is -0.0822. The number of rotatable bonds is 6. The van der Waals surface area contributed by atoms with E-state index in [-0.39, 0.29) is 5.91 Å². The molecule has 1 aliphatic carbocycles. The zero-order chi connectivity index (χ0) is 15.8. The van der Waals surface area contributed by atoms with Crippen molar-refractivity contribution in [3.63, 3.8) is 0 Å². The Bertz CT molecular complexity index is 467. The summed E-state index contributed by atoms with van der Waals surface area (Å²) >= 11 is 0. The van der Waals surface area contributed by atoms with Gasteiger partial charge in [-0.05, 0) is 31.2 Å². The first-order valence-electron chi connectivity index (χ1n) is 8.53. The van der Waals surface area contributed by atoms with Crippen LogP contribution >= 0.6 is 0 Å². The third kappa shape index (κ3) is 5.62. The molecule has 0 atom stereocenters. The van der Waals surface area contributed by atoms with Gasteiger partial charge in [0.05, 0.1) is 0 Å². The molecule has 5 nitrogen and oxygen atoms in total. The van der Waals surface area contributed by atoms with Gasteiger partial charge in [0.1, 0.15) is 5.69 Å². The second kappa shape index (κ2) is 8.71. The molecule has 1 aromatic rings. The van der Waals surface area contributed by atoms with Gasteiger partial charge >= 0.3 is 0 Å². The first-order valence-corrected chi connectivity index (χ1v) is 8.53. The van der Waals surface area contributed by atoms with Crippen LogP contribution in [0.15, 0.2) is 12.3 Å². The predicted molar refractivity (Wildman–Crippen MR) is 88.9 cm³/mol. The molecule has 0 aromatic carbocycles. The van der Waals surface area contributed by atoms with Crippen molar-refractivity contribution in [2.24, 2.45) is 5.92 Å². The first-order chi connectivity index (χ1) is 10.6. The largest absolute Gasteiger partial charge is 0.354 e. The summed E-state index contributed by atoms with van der Waals surface area (Å²) < 4.78 is 0. The summed E-state index contributed by atoms with van der Waals surface area (Å²) in [6, 6.07) is 1.97. The summed E-state index contributed by atoms with van der Waals surface area (Å²) in [5.74, 6) is 1.09. The van der Waals surface area contributed by atoms with Crippen LogP contribution in [0.1, 0.15) is 69.3 Å². The molecule has 0 spiro atoms. The van der Waals surface area contributed by atoms with Gasteiger partial charge in [-0.2, -0.15) is 0 Å². The lowest BCUT2D eigenvalue weighted by Gasteiger charge is -2.16. The third-order valence-electron chi connectivity index (χ3n) is 4.08. The summed E-state index contributed by atoms with van der Waals surface area (Å²) in [7, 11) is 0. The van der Waals surface area contributed by atoms with E-state index in [1.807, 2.05) is 0 Å². The highest BCUT2D eigenvalue weighted by molar-refractivity contribution is 5.92. The van der Waals surface area contributed by atoms with E-state index in [1.54, 1.807) is 12.3 Å². The van der Waals surface area contributed by atoms with E-state index < -0.39 is 0 Å². The van der Waals surface area contributed by atoms with Gasteiger partial charge in [-0.1, -0.05) is 39.5 Å². The van der Waals surface area contributed by atoms with E-state index in [4.69, 9.17) is 0 Å². The molecule has 122 valence electrons. The van der Waals surface area contributed by atoms with Crippen molar-refractivity contribution in [3.8, 4) is 0 Å². The number of nitrogens with one attached hydrogen (secondary N) is 2. The standard InChI is InChI=1S/C17H28N4O/c1-13(2)9-11-18-17-19-12-10-15(21-17)16(22)20-14-7-5-3-4-6-8-14/h10,12-14H,3-9,11H2,1-2H3,(H,20,22)(H,18,19,21). The van der Waals surface area contributed by atoms with Crippen molar-refractivity contribution in [1.29, 1.82) is 0 Å². The van der Waals surface area contributed by atoms with Crippen molar-refractivity contribution in [1.82, 2.24) is 15.3 Å². The highest BCUT2D eigenvalue weighted by Crippen LogP contribution is 2.17. The first kappa shape index (κ1) is 16.7. The topological polar surface area (TPSA) is 66.9 Å². The van der Waals surface area contributed by atoms with Gasteiger partial charge in [-0.3, -0.25) is 4.79 Å². The van der Waals surface area contributed by atoms with Crippen LogP contribution in [-0.2, 0) is 0 Å². The van der Waals surface area contributed by atoms with Crippen LogP contribution in [0.3, 0.4) is 0 Å². The Kier molecular flexibility index (Phi) is 6.62. The van der Waals surface area contributed by atoms with E-state index in [0.29, 0.717) is 23.6 Å². The molecule has 1 amide bonds. The maximum atomic E-state index is 12.3. The Morgan fingerprint density at radius 3 is 2.68 bits per heavy atom. The summed E-state index contributed by atoms with van der Waals surface area (Å²) in [5, 5.41) is 6.30. The maximum absolute atomic E-state index is 12.3. The molecule has 22 heavy (non-hydrogen) atoms. The lowest BCUT2D eigenvalue weighted by atomic mass is 10.1. The maximum Gasteiger partial charge on any atom is 0.270 e. The summed E-state index contributed by atoms with van der Waals surface area (Å²) in [5.41, 5.74) is 0.450. The Morgan fingerprint density at radius 2 is 2.00 bits per heavy atom. The number of hydrogen-bond donors (Lipinski definition) is 2. The zero-order valence-corrected chi connectivity index (χ0v) is 13.8. The van der Waals surface area contributed by atoms with E-state index >= 15 is 0 Å². The van der Waals surface area contributed by atoms with Gasteiger partial charge in [-0.15, -0.1) is 0 Å². The number of hydrogen-bond acceptors (Lipinski definition) is 4. The second-order valence-corrected chi connectivity index (χ2v) is 6.54. The number of nitrogens with zero attached hydrogens (tertiary/aromatic N) is 2. The molecule has 1 heterocycles. The lowest BCUT2D eigenvalue weighted by molar-refractivity contribution is 0.0928. The smallest absolute Gasteiger partial charge is 0.270 e. The van der Waals surface area contributed by atoms with Crippen molar-refractivity contribution in [2.75, 3.05) is 11.9 Å². The Labute approximate surface area is 133 Å². The highest BCUT2D eigenvalue weighted by Gasteiger charge is 2.16. The van der Waals surface area contributed by atoms with Gasteiger partial charge in [0.25, 0.3) is 5.91 Å². The van der Waals surface area contributed by atoms with Crippen LogP contribution in [-0.4, -0.2) is 28.5 Å². The van der Waals surface area contributed by atoms with E-state index in [9.17, 15) is 4.79 Å². The van der Waals surface area contributed by atoms with Crippen LogP contribution in [0.25, 0.3) is 0 Å². The third-order valence-corrected chi connectivity index (χ3v) is 4.08. The van der Waals surface area contributed by atoms with E-state index in [1.165, 1.54) is 25.7 Å². The fraction of sp³-hybridized carbons (Fsp3) is 0.706. The van der Waals surface area contributed by atoms with Gasteiger partial charge < -0.3 is 10.6 Å². The fourth-order valence-electron chi connectivity index (χ4n) is 2.73. The van der Waals surface area contributed by atoms with Gasteiger partial charge in [-0.25, -0.2) is 9.97 Å². The SMILES string of the molecule is CC(C)CCNc1nccc(C(=O)NC2CCCCCC2)n1. The normalized spacial score (nSPS) is 16.3. The molecular formula is C17H28N4O. The molecule has 2 rings (SSSR count). The molecule has 0 saturated heterocycles. The number of aromatic nitrogens is 2. The molecule has 5 heteroatoms. The lowest BCUT2D eigenvalue weighted by Crippen LogP contribution is -2.35. The number of carbonyl (C=O) groups is 1. The molecule has 1 fully saturated rings. The van der Waals surface area contributed by atoms with Gasteiger partial charge in [0.15, 0.2) is 0 Å². The van der Waals surface area contributed by atoms with Gasteiger partial charge in [0.2, 0.25) is 5.95 Å². The van der Waals surface area contributed by atoms with Crippen LogP contribution in [0.2, 0.25) is 0 Å². The molecule has 2 N–H and O–H groups in total. The Hall–Kier alpha value is -1.65. The van der Waals surface area contributed by atoms with E-state index in [0.717, 1.165) is 25.8 Å². The fourth-order valence-corrected chi connectivity index (χ4v) is 2.73. The van der Waals surface area contributed by atoms with Crippen molar-refractivity contribution in [3.05, 3.63) is 18.0 Å². The van der Waals surface area contributed by atoms with Crippen LogP contribution < -0.4 is 10.6 Å².